The van der Waals surface area contributed by atoms with Gasteiger partial charge in [-0.05, 0) is 63.4 Å². The Morgan fingerprint density at radius 1 is 1.10 bits per heavy atom. The van der Waals surface area contributed by atoms with Crippen LogP contribution in [-0.2, 0) is 4.74 Å². The molecule has 2 amide bonds. The minimum Gasteiger partial charge on any atom is -0.490 e. The third-order valence-corrected chi connectivity index (χ3v) is 7.37. The van der Waals surface area contributed by atoms with Crippen LogP contribution in [0.4, 0.5) is 5.69 Å². The summed E-state index contributed by atoms with van der Waals surface area (Å²) in [5.74, 6) is 0.189. The van der Waals surface area contributed by atoms with Crippen LogP contribution < -0.4 is 9.64 Å². The van der Waals surface area contributed by atoms with Crippen LogP contribution in [0.3, 0.4) is 0 Å². The van der Waals surface area contributed by atoms with Gasteiger partial charge in [0.05, 0.1) is 30.4 Å². The second-order valence-electron chi connectivity index (χ2n) is 10.9. The first-order valence-corrected chi connectivity index (χ1v) is 13.9. The highest BCUT2D eigenvalue weighted by Gasteiger charge is 2.31. The standard InChI is InChI=1S/C31H45N3O5/c1-22-19-34(23(2)21-35)31(37)27-18-26(32(4)5)15-16-28(27)39-24(3)12-10-11-17-38-29(22)20-33(6)30(36)25-13-8-7-9-14-25/h7-9,13-16,18,22-24,29,35H,10-12,17,19-21H2,1-6H3/t22-,23-,24-,29+/m1/s1. The quantitative estimate of drug-likeness (QED) is 0.589. The van der Waals surface area contributed by atoms with E-state index in [0.29, 0.717) is 36.6 Å². The number of carbonyl (C=O) groups is 2. The lowest BCUT2D eigenvalue weighted by Gasteiger charge is -2.36. The first-order chi connectivity index (χ1) is 18.6. The number of ether oxygens (including phenoxy) is 2. The molecule has 3 rings (SSSR count). The molecule has 214 valence electrons. The Morgan fingerprint density at radius 3 is 2.49 bits per heavy atom. The number of likely N-dealkylation sites (N-methyl/N-ethyl adjacent to an activating group) is 1. The average molecular weight is 540 g/mol. The monoisotopic (exact) mass is 539 g/mol. The van der Waals surface area contributed by atoms with Crippen molar-refractivity contribution in [1.29, 1.82) is 0 Å². The maximum absolute atomic E-state index is 14.1. The molecular weight excluding hydrogens is 494 g/mol. The fraction of sp³-hybridized carbons (Fsp3) is 0.548. The Labute approximate surface area is 233 Å². The van der Waals surface area contributed by atoms with E-state index in [1.807, 2.05) is 88.3 Å². The molecule has 2 aromatic rings. The second kappa shape index (κ2) is 14.3. The van der Waals surface area contributed by atoms with Gasteiger partial charge in [0.15, 0.2) is 0 Å². The number of aliphatic hydroxyl groups excluding tert-OH is 1. The first-order valence-electron chi connectivity index (χ1n) is 13.9. The summed E-state index contributed by atoms with van der Waals surface area (Å²) in [5.41, 5.74) is 2.00. The highest BCUT2D eigenvalue weighted by Crippen LogP contribution is 2.29. The number of hydrogen-bond donors (Lipinski definition) is 1. The van der Waals surface area contributed by atoms with Gasteiger partial charge in [-0.3, -0.25) is 9.59 Å². The number of amides is 2. The predicted molar refractivity (Wildman–Crippen MR) is 155 cm³/mol. The average Bonchev–Trinajstić information content (AvgIpc) is 2.93. The summed E-state index contributed by atoms with van der Waals surface area (Å²) in [6.07, 6.45) is 2.27. The molecule has 0 spiro atoms. The minimum absolute atomic E-state index is 0.0708. The zero-order chi connectivity index (χ0) is 28.5. The van der Waals surface area contributed by atoms with Gasteiger partial charge in [-0.1, -0.05) is 25.1 Å². The van der Waals surface area contributed by atoms with Crippen molar-refractivity contribution in [2.24, 2.45) is 5.92 Å². The minimum atomic E-state index is -0.412. The molecule has 0 saturated carbocycles. The van der Waals surface area contributed by atoms with Crippen molar-refractivity contribution in [3.63, 3.8) is 0 Å². The molecule has 1 heterocycles. The Hall–Kier alpha value is -3.10. The van der Waals surface area contributed by atoms with E-state index in [4.69, 9.17) is 9.47 Å². The van der Waals surface area contributed by atoms with Crippen molar-refractivity contribution in [1.82, 2.24) is 9.80 Å². The number of fused-ring (bicyclic) bond motifs is 1. The second-order valence-corrected chi connectivity index (χ2v) is 10.9. The molecule has 1 aliphatic heterocycles. The molecule has 0 unspecified atom stereocenters. The summed E-state index contributed by atoms with van der Waals surface area (Å²) in [6.45, 7) is 7.04. The SMILES string of the molecule is C[C@@H]1CCCCO[C@@H](CN(C)C(=O)c2ccccc2)[C@H](C)CN([C@H](C)CO)C(=O)c2cc(N(C)C)ccc2O1. The molecule has 0 aliphatic carbocycles. The maximum atomic E-state index is 14.1. The fourth-order valence-corrected chi connectivity index (χ4v) is 4.81. The van der Waals surface area contributed by atoms with E-state index in [1.165, 1.54) is 0 Å². The van der Waals surface area contributed by atoms with Gasteiger partial charge < -0.3 is 29.3 Å². The number of rotatable bonds is 6. The van der Waals surface area contributed by atoms with Gasteiger partial charge in [-0.15, -0.1) is 0 Å². The van der Waals surface area contributed by atoms with Crippen molar-refractivity contribution >= 4 is 17.5 Å². The van der Waals surface area contributed by atoms with Gasteiger partial charge in [0.25, 0.3) is 11.8 Å². The Balaban J connectivity index is 1.93. The van der Waals surface area contributed by atoms with E-state index < -0.39 is 6.04 Å². The molecule has 0 aromatic heterocycles. The zero-order valence-electron chi connectivity index (χ0n) is 24.3. The lowest BCUT2D eigenvalue weighted by molar-refractivity contribution is -0.0149. The number of nitrogens with zero attached hydrogens (tertiary/aromatic N) is 3. The molecule has 39 heavy (non-hydrogen) atoms. The summed E-state index contributed by atoms with van der Waals surface area (Å²) >= 11 is 0. The van der Waals surface area contributed by atoms with Gasteiger partial charge in [-0.2, -0.15) is 0 Å². The van der Waals surface area contributed by atoms with Gasteiger partial charge in [0.1, 0.15) is 5.75 Å². The molecule has 0 bridgehead atoms. The Morgan fingerprint density at radius 2 is 1.82 bits per heavy atom. The van der Waals surface area contributed by atoms with E-state index >= 15 is 0 Å². The van der Waals surface area contributed by atoms with Gasteiger partial charge in [0, 0.05) is 58.0 Å². The molecular formula is C31H45N3O5. The summed E-state index contributed by atoms with van der Waals surface area (Å²) < 4.78 is 12.6. The normalized spacial score (nSPS) is 21.8. The van der Waals surface area contributed by atoms with Crippen LogP contribution in [0.15, 0.2) is 48.5 Å². The van der Waals surface area contributed by atoms with Crippen molar-refractivity contribution < 1.29 is 24.2 Å². The molecule has 0 fully saturated rings. The van der Waals surface area contributed by atoms with E-state index in [2.05, 4.69) is 0 Å². The number of hydrogen-bond acceptors (Lipinski definition) is 6. The van der Waals surface area contributed by atoms with Crippen LogP contribution in [0.2, 0.25) is 0 Å². The maximum Gasteiger partial charge on any atom is 0.258 e. The number of anilines is 1. The van der Waals surface area contributed by atoms with Crippen LogP contribution in [0, 0.1) is 5.92 Å². The van der Waals surface area contributed by atoms with Crippen molar-refractivity contribution in [3.8, 4) is 5.75 Å². The topological polar surface area (TPSA) is 82.6 Å². The van der Waals surface area contributed by atoms with Gasteiger partial charge >= 0.3 is 0 Å². The molecule has 1 aliphatic rings. The molecule has 8 nitrogen and oxygen atoms in total. The van der Waals surface area contributed by atoms with E-state index in [9.17, 15) is 14.7 Å². The van der Waals surface area contributed by atoms with Crippen molar-refractivity contribution in [2.45, 2.75) is 58.3 Å². The molecule has 1 N–H and O–H groups in total. The van der Waals surface area contributed by atoms with E-state index in [-0.39, 0.29) is 36.5 Å². The van der Waals surface area contributed by atoms with Gasteiger partial charge in [0.2, 0.25) is 0 Å². The molecule has 8 heteroatoms. The number of carbonyl (C=O) groups excluding carboxylic acids is 2. The zero-order valence-corrected chi connectivity index (χ0v) is 24.3. The molecule has 2 aromatic carbocycles. The predicted octanol–water partition coefficient (Wildman–Crippen LogP) is 4.32. The number of benzene rings is 2. The summed E-state index contributed by atoms with van der Waals surface area (Å²) in [4.78, 5) is 32.5. The Bertz CT molecular complexity index is 1080. The van der Waals surface area contributed by atoms with Crippen molar-refractivity contribution in [2.75, 3.05) is 52.3 Å². The summed E-state index contributed by atoms with van der Waals surface area (Å²) in [7, 11) is 5.66. The van der Waals surface area contributed by atoms with Crippen LogP contribution in [-0.4, -0.2) is 92.4 Å². The van der Waals surface area contributed by atoms with Crippen LogP contribution in [0.25, 0.3) is 0 Å². The molecule has 0 saturated heterocycles. The largest absolute Gasteiger partial charge is 0.490 e. The first kappa shape index (κ1) is 30.4. The fourth-order valence-electron chi connectivity index (χ4n) is 4.81. The van der Waals surface area contributed by atoms with E-state index in [1.54, 1.807) is 16.8 Å². The lowest BCUT2D eigenvalue weighted by atomic mass is 10.0. The third kappa shape index (κ3) is 8.19. The number of aliphatic hydroxyl groups is 1. The summed E-state index contributed by atoms with van der Waals surface area (Å²) in [6, 6.07) is 14.5. The highest BCUT2D eigenvalue weighted by atomic mass is 16.5. The lowest BCUT2D eigenvalue weighted by Crippen LogP contribution is -2.48. The highest BCUT2D eigenvalue weighted by molar-refractivity contribution is 5.98. The van der Waals surface area contributed by atoms with E-state index in [0.717, 1.165) is 24.9 Å². The van der Waals surface area contributed by atoms with Gasteiger partial charge in [-0.25, -0.2) is 0 Å². The van der Waals surface area contributed by atoms with Crippen LogP contribution in [0.5, 0.6) is 5.75 Å². The molecule has 4 atom stereocenters. The van der Waals surface area contributed by atoms with Crippen LogP contribution >= 0.6 is 0 Å². The van der Waals surface area contributed by atoms with Crippen molar-refractivity contribution in [3.05, 3.63) is 59.7 Å². The summed E-state index contributed by atoms with van der Waals surface area (Å²) in [5, 5.41) is 10.1. The molecule has 0 radical (unpaired) electrons. The third-order valence-electron chi connectivity index (χ3n) is 7.37. The van der Waals surface area contributed by atoms with Crippen LogP contribution in [0.1, 0.15) is 60.7 Å². The Kier molecular flexibility index (Phi) is 11.2. The smallest absolute Gasteiger partial charge is 0.258 e.